The highest BCUT2D eigenvalue weighted by Gasteiger charge is 2.13. The van der Waals surface area contributed by atoms with Gasteiger partial charge in [0.25, 0.3) is 0 Å². The molecule has 1 atom stereocenters. The Morgan fingerprint density at radius 1 is 1.32 bits per heavy atom. The van der Waals surface area contributed by atoms with Crippen molar-refractivity contribution in [2.24, 2.45) is 5.73 Å². The lowest BCUT2D eigenvalue weighted by molar-refractivity contribution is -0.125. The van der Waals surface area contributed by atoms with Crippen molar-refractivity contribution in [2.45, 2.75) is 13.0 Å². The van der Waals surface area contributed by atoms with Gasteiger partial charge in [-0.1, -0.05) is 18.2 Å². The quantitative estimate of drug-likeness (QED) is 0.672. The van der Waals surface area contributed by atoms with Crippen LogP contribution in [0.15, 0.2) is 24.3 Å². The SMILES string of the molecule is COc1ccccc1[C@H](C)NC(=O)CNC(=O)CN. The average molecular weight is 265 g/mol. The van der Waals surface area contributed by atoms with Crippen molar-refractivity contribution in [3.63, 3.8) is 0 Å². The van der Waals surface area contributed by atoms with Gasteiger partial charge in [-0.25, -0.2) is 0 Å². The van der Waals surface area contributed by atoms with Crippen LogP contribution in [0.2, 0.25) is 0 Å². The van der Waals surface area contributed by atoms with E-state index in [2.05, 4.69) is 10.6 Å². The van der Waals surface area contributed by atoms with Crippen molar-refractivity contribution in [2.75, 3.05) is 20.2 Å². The largest absolute Gasteiger partial charge is 0.496 e. The number of hydrogen-bond acceptors (Lipinski definition) is 4. The Hall–Kier alpha value is -2.08. The molecule has 0 fully saturated rings. The van der Waals surface area contributed by atoms with E-state index in [0.29, 0.717) is 5.75 Å². The third kappa shape index (κ3) is 4.59. The number of para-hydroxylation sites is 1. The molecule has 6 nitrogen and oxygen atoms in total. The summed E-state index contributed by atoms with van der Waals surface area (Å²) in [6, 6.07) is 7.23. The van der Waals surface area contributed by atoms with E-state index >= 15 is 0 Å². The molecule has 0 aromatic heterocycles. The minimum absolute atomic E-state index is 0.0878. The third-order valence-electron chi connectivity index (χ3n) is 2.61. The number of ether oxygens (including phenoxy) is 1. The van der Waals surface area contributed by atoms with Crippen LogP contribution in [0.25, 0.3) is 0 Å². The summed E-state index contributed by atoms with van der Waals surface area (Å²) in [6.07, 6.45) is 0. The highest BCUT2D eigenvalue weighted by atomic mass is 16.5. The first kappa shape index (κ1) is 15.0. The minimum atomic E-state index is -0.361. The zero-order valence-corrected chi connectivity index (χ0v) is 11.1. The molecule has 0 aliphatic carbocycles. The van der Waals surface area contributed by atoms with Gasteiger partial charge in [-0.15, -0.1) is 0 Å². The summed E-state index contributed by atoms with van der Waals surface area (Å²) in [4.78, 5) is 22.6. The summed E-state index contributed by atoms with van der Waals surface area (Å²) in [5, 5.41) is 5.19. The molecule has 4 N–H and O–H groups in total. The molecule has 1 aromatic carbocycles. The van der Waals surface area contributed by atoms with Gasteiger partial charge in [-0.3, -0.25) is 9.59 Å². The Labute approximate surface area is 112 Å². The number of nitrogens with two attached hydrogens (primary N) is 1. The summed E-state index contributed by atoms with van der Waals surface area (Å²) in [6.45, 7) is 1.63. The molecule has 2 amide bonds. The lowest BCUT2D eigenvalue weighted by Crippen LogP contribution is -2.40. The number of rotatable bonds is 6. The van der Waals surface area contributed by atoms with Gasteiger partial charge in [0.2, 0.25) is 11.8 Å². The maximum absolute atomic E-state index is 11.6. The van der Waals surface area contributed by atoms with E-state index in [-0.39, 0.29) is 30.9 Å². The lowest BCUT2D eigenvalue weighted by atomic mass is 10.1. The van der Waals surface area contributed by atoms with Crippen LogP contribution in [0.1, 0.15) is 18.5 Å². The summed E-state index contributed by atoms with van der Waals surface area (Å²) >= 11 is 0. The summed E-state index contributed by atoms with van der Waals surface area (Å²) < 4.78 is 5.23. The minimum Gasteiger partial charge on any atom is -0.496 e. The summed E-state index contributed by atoms with van der Waals surface area (Å²) in [5.41, 5.74) is 6.01. The van der Waals surface area contributed by atoms with E-state index in [4.69, 9.17) is 10.5 Å². The number of benzene rings is 1. The van der Waals surface area contributed by atoms with Gasteiger partial charge in [0.05, 0.1) is 26.2 Å². The van der Waals surface area contributed by atoms with Crippen LogP contribution in [-0.2, 0) is 9.59 Å². The van der Waals surface area contributed by atoms with Gasteiger partial charge in [-0.05, 0) is 13.0 Å². The number of nitrogens with one attached hydrogen (secondary N) is 2. The number of methoxy groups -OCH3 is 1. The molecule has 0 aliphatic heterocycles. The first-order valence-electron chi connectivity index (χ1n) is 5.97. The fourth-order valence-corrected chi connectivity index (χ4v) is 1.65. The standard InChI is InChI=1S/C13H19N3O3/c1-9(10-5-3-4-6-11(10)19-2)16-13(18)8-15-12(17)7-14/h3-6,9H,7-8,14H2,1-2H3,(H,15,17)(H,16,18)/t9-/m0/s1. The van der Waals surface area contributed by atoms with Gasteiger partial charge in [0.15, 0.2) is 0 Å². The predicted molar refractivity (Wildman–Crippen MR) is 71.6 cm³/mol. The first-order valence-corrected chi connectivity index (χ1v) is 5.97. The second-order valence-corrected chi connectivity index (χ2v) is 4.01. The number of carbonyl (C=O) groups is 2. The van der Waals surface area contributed by atoms with Crippen molar-refractivity contribution >= 4 is 11.8 Å². The van der Waals surface area contributed by atoms with Crippen molar-refractivity contribution in [1.82, 2.24) is 10.6 Å². The fraction of sp³-hybridized carbons (Fsp3) is 0.385. The van der Waals surface area contributed by atoms with E-state index in [1.165, 1.54) is 0 Å². The molecule has 0 bridgehead atoms. The molecule has 0 heterocycles. The van der Waals surface area contributed by atoms with E-state index < -0.39 is 0 Å². The maximum Gasteiger partial charge on any atom is 0.239 e. The smallest absolute Gasteiger partial charge is 0.239 e. The Morgan fingerprint density at radius 3 is 2.63 bits per heavy atom. The second-order valence-electron chi connectivity index (χ2n) is 4.01. The highest BCUT2D eigenvalue weighted by Crippen LogP contribution is 2.23. The Kier molecular flexibility index (Phi) is 5.81. The number of carbonyl (C=O) groups excluding carboxylic acids is 2. The van der Waals surface area contributed by atoms with Crippen LogP contribution in [-0.4, -0.2) is 32.0 Å². The molecular formula is C13H19N3O3. The molecule has 0 saturated carbocycles. The molecule has 6 heteroatoms. The van der Waals surface area contributed by atoms with E-state index in [1.54, 1.807) is 7.11 Å². The normalized spacial score (nSPS) is 11.5. The van der Waals surface area contributed by atoms with Gasteiger partial charge >= 0.3 is 0 Å². The molecule has 19 heavy (non-hydrogen) atoms. The van der Waals surface area contributed by atoms with Crippen molar-refractivity contribution in [1.29, 1.82) is 0 Å². The van der Waals surface area contributed by atoms with Crippen LogP contribution in [0.3, 0.4) is 0 Å². The molecular weight excluding hydrogens is 246 g/mol. The Balaban J connectivity index is 2.56. The summed E-state index contributed by atoms with van der Waals surface area (Å²) in [7, 11) is 1.58. The Morgan fingerprint density at radius 2 is 2.00 bits per heavy atom. The molecule has 1 aromatic rings. The van der Waals surface area contributed by atoms with Gasteiger partial charge in [-0.2, -0.15) is 0 Å². The maximum atomic E-state index is 11.6. The molecule has 0 spiro atoms. The topological polar surface area (TPSA) is 93.5 Å². The van der Waals surface area contributed by atoms with Crippen LogP contribution >= 0.6 is 0 Å². The molecule has 0 unspecified atom stereocenters. The van der Waals surface area contributed by atoms with Gasteiger partial charge < -0.3 is 21.1 Å². The zero-order chi connectivity index (χ0) is 14.3. The van der Waals surface area contributed by atoms with Crippen molar-refractivity contribution < 1.29 is 14.3 Å². The molecule has 0 saturated heterocycles. The molecule has 0 aliphatic rings. The zero-order valence-electron chi connectivity index (χ0n) is 11.1. The predicted octanol–water partition coefficient (Wildman–Crippen LogP) is -0.0527. The van der Waals surface area contributed by atoms with Crippen molar-refractivity contribution in [3.8, 4) is 5.75 Å². The van der Waals surface area contributed by atoms with Crippen LogP contribution in [0, 0.1) is 0 Å². The Bertz CT molecular complexity index is 449. The fourth-order valence-electron chi connectivity index (χ4n) is 1.65. The van der Waals surface area contributed by atoms with E-state index in [9.17, 15) is 9.59 Å². The third-order valence-corrected chi connectivity index (χ3v) is 2.61. The molecule has 104 valence electrons. The number of hydrogen-bond donors (Lipinski definition) is 3. The van der Waals surface area contributed by atoms with E-state index in [1.807, 2.05) is 31.2 Å². The summed E-state index contributed by atoms with van der Waals surface area (Å²) in [5.74, 6) is 0.0709. The van der Waals surface area contributed by atoms with Crippen molar-refractivity contribution in [3.05, 3.63) is 29.8 Å². The van der Waals surface area contributed by atoms with Gasteiger partial charge in [0, 0.05) is 5.56 Å². The van der Waals surface area contributed by atoms with Crippen LogP contribution in [0.5, 0.6) is 5.75 Å². The molecule has 1 rings (SSSR count). The lowest BCUT2D eigenvalue weighted by Gasteiger charge is -2.17. The van der Waals surface area contributed by atoms with Crippen LogP contribution < -0.4 is 21.1 Å². The number of amides is 2. The molecule has 0 radical (unpaired) electrons. The van der Waals surface area contributed by atoms with Gasteiger partial charge in [0.1, 0.15) is 5.75 Å². The van der Waals surface area contributed by atoms with E-state index in [0.717, 1.165) is 5.56 Å². The monoisotopic (exact) mass is 265 g/mol. The second kappa shape index (κ2) is 7.38. The highest BCUT2D eigenvalue weighted by molar-refractivity contribution is 5.85. The first-order chi connectivity index (χ1) is 9.08. The van der Waals surface area contributed by atoms with Crippen LogP contribution in [0.4, 0.5) is 0 Å². The average Bonchev–Trinajstić information content (AvgIpc) is 2.44.